The normalized spacial score (nSPS) is 21.9. The molecule has 1 saturated heterocycles. The van der Waals surface area contributed by atoms with Gasteiger partial charge in [0.25, 0.3) is 0 Å². The molecule has 1 N–H and O–H groups in total. The van der Waals surface area contributed by atoms with E-state index in [0.29, 0.717) is 5.92 Å². The Hall–Kier alpha value is -1.02. The summed E-state index contributed by atoms with van der Waals surface area (Å²) in [6, 6.07) is 9.17. The summed E-state index contributed by atoms with van der Waals surface area (Å²) in [6.45, 7) is 13.7. The Morgan fingerprint density at radius 2 is 1.84 bits per heavy atom. The van der Waals surface area contributed by atoms with Crippen molar-refractivity contribution in [3.05, 3.63) is 29.8 Å². The maximum absolute atomic E-state index is 3.51. The Morgan fingerprint density at radius 1 is 1.16 bits per heavy atom. The van der Waals surface area contributed by atoms with Crippen LogP contribution < -0.4 is 10.2 Å². The predicted octanol–water partition coefficient (Wildman–Crippen LogP) is 3.42. The SMILES string of the molecule is CC1CNCCCN(c2ccc(C(C)(C)C)cc2)C1. The van der Waals surface area contributed by atoms with E-state index in [4.69, 9.17) is 0 Å². The fourth-order valence-electron chi connectivity index (χ4n) is 2.68. The lowest BCUT2D eigenvalue weighted by Crippen LogP contribution is -2.38. The lowest BCUT2D eigenvalue weighted by Gasteiger charge is -2.31. The Balaban J connectivity index is 2.11. The van der Waals surface area contributed by atoms with Gasteiger partial charge in [-0.25, -0.2) is 0 Å². The smallest absolute Gasteiger partial charge is 0.0366 e. The van der Waals surface area contributed by atoms with E-state index in [1.54, 1.807) is 0 Å². The van der Waals surface area contributed by atoms with Gasteiger partial charge in [0.15, 0.2) is 0 Å². The third kappa shape index (κ3) is 3.97. The Labute approximate surface area is 118 Å². The van der Waals surface area contributed by atoms with Crippen molar-refractivity contribution >= 4 is 5.69 Å². The molecule has 1 aromatic rings. The Bertz CT molecular complexity index is 389. The summed E-state index contributed by atoms with van der Waals surface area (Å²) in [5.41, 5.74) is 3.03. The molecule has 1 heterocycles. The summed E-state index contributed by atoms with van der Waals surface area (Å²) in [7, 11) is 0. The second-order valence-electron chi connectivity index (χ2n) is 6.91. The van der Waals surface area contributed by atoms with E-state index in [9.17, 15) is 0 Å². The maximum atomic E-state index is 3.51. The molecule has 106 valence electrons. The van der Waals surface area contributed by atoms with Gasteiger partial charge in [-0.1, -0.05) is 39.8 Å². The van der Waals surface area contributed by atoms with Crippen molar-refractivity contribution in [1.82, 2.24) is 5.32 Å². The summed E-state index contributed by atoms with van der Waals surface area (Å²) in [5, 5.41) is 3.51. The van der Waals surface area contributed by atoms with Crippen LogP contribution in [0.3, 0.4) is 0 Å². The molecular weight excluding hydrogens is 232 g/mol. The van der Waals surface area contributed by atoms with Crippen LogP contribution in [-0.2, 0) is 5.41 Å². The zero-order chi connectivity index (χ0) is 13.9. The van der Waals surface area contributed by atoms with Crippen molar-refractivity contribution in [1.29, 1.82) is 0 Å². The van der Waals surface area contributed by atoms with Crippen LogP contribution in [0.2, 0.25) is 0 Å². The minimum absolute atomic E-state index is 0.242. The van der Waals surface area contributed by atoms with Crippen LogP contribution in [0.15, 0.2) is 24.3 Å². The number of hydrogen-bond acceptors (Lipinski definition) is 2. The highest BCUT2D eigenvalue weighted by Crippen LogP contribution is 2.25. The third-order valence-electron chi connectivity index (χ3n) is 3.90. The molecule has 0 saturated carbocycles. The molecule has 0 radical (unpaired) electrons. The molecular formula is C17H28N2. The Kier molecular flexibility index (Phi) is 4.51. The van der Waals surface area contributed by atoms with Crippen LogP contribution in [0.1, 0.15) is 39.7 Å². The highest BCUT2D eigenvalue weighted by Gasteiger charge is 2.16. The van der Waals surface area contributed by atoms with Gasteiger partial charge < -0.3 is 10.2 Å². The minimum atomic E-state index is 0.242. The van der Waals surface area contributed by atoms with Crippen LogP contribution in [-0.4, -0.2) is 26.2 Å². The van der Waals surface area contributed by atoms with Gasteiger partial charge in [-0.15, -0.1) is 0 Å². The van der Waals surface area contributed by atoms with Crippen LogP contribution in [0.4, 0.5) is 5.69 Å². The second-order valence-corrected chi connectivity index (χ2v) is 6.91. The molecule has 1 aliphatic rings. The highest BCUT2D eigenvalue weighted by molar-refractivity contribution is 5.48. The van der Waals surface area contributed by atoms with Crippen molar-refractivity contribution < 1.29 is 0 Å². The third-order valence-corrected chi connectivity index (χ3v) is 3.90. The van der Waals surface area contributed by atoms with Crippen molar-refractivity contribution in [3.63, 3.8) is 0 Å². The molecule has 1 fully saturated rings. The average Bonchev–Trinajstić information content (AvgIpc) is 2.33. The standard InChI is InChI=1S/C17H28N2/c1-14-12-18-10-5-11-19(13-14)16-8-6-15(7-9-16)17(2,3)4/h6-9,14,18H,5,10-13H2,1-4H3. The Morgan fingerprint density at radius 3 is 2.47 bits per heavy atom. The lowest BCUT2D eigenvalue weighted by molar-refractivity contribution is 0.468. The first-order chi connectivity index (χ1) is 8.97. The zero-order valence-corrected chi connectivity index (χ0v) is 12.9. The summed E-state index contributed by atoms with van der Waals surface area (Å²) < 4.78 is 0. The number of rotatable bonds is 1. The molecule has 0 spiro atoms. The first kappa shape index (κ1) is 14.4. The van der Waals surface area contributed by atoms with Gasteiger partial charge in [-0.3, -0.25) is 0 Å². The molecule has 2 rings (SSSR count). The topological polar surface area (TPSA) is 15.3 Å². The van der Waals surface area contributed by atoms with Crippen molar-refractivity contribution in [2.75, 3.05) is 31.1 Å². The molecule has 1 atom stereocenters. The first-order valence-electron chi connectivity index (χ1n) is 7.53. The minimum Gasteiger partial charge on any atom is -0.371 e. The van der Waals surface area contributed by atoms with E-state index >= 15 is 0 Å². The number of nitrogens with one attached hydrogen (secondary N) is 1. The lowest BCUT2D eigenvalue weighted by atomic mass is 9.87. The summed E-state index contributed by atoms with van der Waals surface area (Å²) >= 11 is 0. The monoisotopic (exact) mass is 260 g/mol. The van der Waals surface area contributed by atoms with E-state index in [0.717, 1.165) is 26.2 Å². The van der Waals surface area contributed by atoms with Crippen molar-refractivity contribution in [3.8, 4) is 0 Å². The summed E-state index contributed by atoms with van der Waals surface area (Å²) in [5.74, 6) is 0.711. The van der Waals surface area contributed by atoms with Crippen LogP contribution in [0.5, 0.6) is 0 Å². The molecule has 0 aromatic heterocycles. The zero-order valence-electron chi connectivity index (χ0n) is 12.9. The van der Waals surface area contributed by atoms with Gasteiger partial charge in [-0.2, -0.15) is 0 Å². The van der Waals surface area contributed by atoms with Gasteiger partial charge in [0.1, 0.15) is 0 Å². The van der Waals surface area contributed by atoms with E-state index < -0.39 is 0 Å². The first-order valence-corrected chi connectivity index (χ1v) is 7.53. The fraction of sp³-hybridized carbons (Fsp3) is 0.647. The second kappa shape index (κ2) is 5.96. The van der Waals surface area contributed by atoms with Gasteiger partial charge in [0, 0.05) is 18.8 Å². The summed E-state index contributed by atoms with van der Waals surface area (Å²) in [4.78, 5) is 2.54. The van der Waals surface area contributed by atoms with Crippen LogP contribution in [0, 0.1) is 5.92 Å². The van der Waals surface area contributed by atoms with Gasteiger partial charge in [-0.05, 0) is 48.5 Å². The number of anilines is 1. The molecule has 2 nitrogen and oxygen atoms in total. The summed E-state index contributed by atoms with van der Waals surface area (Å²) in [6.07, 6.45) is 1.23. The highest BCUT2D eigenvalue weighted by atomic mass is 15.1. The predicted molar refractivity (Wildman–Crippen MR) is 84.0 cm³/mol. The molecule has 19 heavy (non-hydrogen) atoms. The van der Waals surface area contributed by atoms with E-state index in [2.05, 4.69) is 62.2 Å². The van der Waals surface area contributed by atoms with E-state index in [-0.39, 0.29) is 5.41 Å². The molecule has 1 aliphatic heterocycles. The quantitative estimate of drug-likeness (QED) is 0.832. The molecule has 1 unspecified atom stereocenters. The van der Waals surface area contributed by atoms with Gasteiger partial charge in [0.05, 0.1) is 0 Å². The molecule has 0 aliphatic carbocycles. The largest absolute Gasteiger partial charge is 0.371 e. The van der Waals surface area contributed by atoms with E-state index in [1.807, 2.05) is 0 Å². The molecule has 0 bridgehead atoms. The molecule has 0 amide bonds. The number of benzene rings is 1. The molecule has 1 aromatic carbocycles. The number of nitrogens with zero attached hydrogens (tertiary/aromatic N) is 1. The van der Waals surface area contributed by atoms with E-state index in [1.165, 1.54) is 17.7 Å². The van der Waals surface area contributed by atoms with Gasteiger partial charge in [0.2, 0.25) is 0 Å². The van der Waals surface area contributed by atoms with Crippen LogP contribution >= 0.6 is 0 Å². The van der Waals surface area contributed by atoms with Crippen molar-refractivity contribution in [2.45, 2.75) is 39.5 Å². The fourth-order valence-corrected chi connectivity index (χ4v) is 2.68. The number of hydrogen-bond donors (Lipinski definition) is 1. The van der Waals surface area contributed by atoms with Crippen LogP contribution in [0.25, 0.3) is 0 Å². The average molecular weight is 260 g/mol. The maximum Gasteiger partial charge on any atom is 0.0366 e. The van der Waals surface area contributed by atoms with Gasteiger partial charge >= 0.3 is 0 Å². The van der Waals surface area contributed by atoms with Crippen molar-refractivity contribution in [2.24, 2.45) is 5.92 Å². The molecule has 2 heteroatoms.